The third-order valence-corrected chi connectivity index (χ3v) is 28.5. The summed E-state index contributed by atoms with van der Waals surface area (Å²) in [5.41, 5.74) is 32.3. The predicted molar refractivity (Wildman–Crippen MR) is 460 cm³/mol. The summed E-state index contributed by atoms with van der Waals surface area (Å²) in [6.45, 7) is 46.1. The molecule has 0 aliphatic carbocycles. The van der Waals surface area contributed by atoms with Gasteiger partial charge in [-0.25, -0.2) is 13.7 Å². The molecule has 0 N–H and O–H groups in total. The minimum Gasteiger partial charge on any atom is -0.496 e. The van der Waals surface area contributed by atoms with E-state index in [0.717, 1.165) is 50.5 Å². The van der Waals surface area contributed by atoms with Crippen molar-refractivity contribution in [1.82, 2.24) is 28.1 Å². The molecule has 14 nitrogen and oxygen atoms in total. The number of methoxy groups -OCH3 is 4. The van der Waals surface area contributed by atoms with Crippen LogP contribution in [0.2, 0.25) is 0 Å². The maximum atomic E-state index is 5.80. The Labute approximate surface area is 660 Å². The second-order valence-electron chi connectivity index (χ2n) is 35.3. The molecule has 574 valence electrons. The molecule has 0 amide bonds. The van der Waals surface area contributed by atoms with Crippen LogP contribution in [0.5, 0.6) is 23.0 Å². The van der Waals surface area contributed by atoms with E-state index >= 15 is 0 Å². The van der Waals surface area contributed by atoms with E-state index in [0.29, 0.717) is 6.17 Å². The zero-order valence-corrected chi connectivity index (χ0v) is 71.2. The van der Waals surface area contributed by atoms with Crippen molar-refractivity contribution in [2.45, 2.75) is 177 Å². The molecule has 4 aliphatic heterocycles. The molecule has 0 radical (unpaired) electrons. The summed E-state index contributed by atoms with van der Waals surface area (Å²) in [6.07, 6.45) is 10.6. The quantitative estimate of drug-likeness (QED) is 0.115. The van der Waals surface area contributed by atoms with Crippen LogP contribution in [0, 0.1) is 48.5 Å². The Morgan fingerprint density at radius 3 is 1.25 bits per heavy atom. The van der Waals surface area contributed by atoms with E-state index in [2.05, 4.69) is 337 Å². The largest absolute Gasteiger partial charge is 0.496 e. The van der Waals surface area contributed by atoms with Crippen molar-refractivity contribution in [3.63, 3.8) is 0 Å². The number of anilines is 1. The highest BCUT2D eigenvalue weighted by Gasteiger charge is 2.56. The first-order chi connectivity index (χ1) is 53.0. The van der Waals surface area contributed by atoms with Gasteiger partial charge in [-0.3, -0.25) is 9.97 Å². The van der Waals surface area contributed by atoms with Gasteiger partial charge in [0.15, 0.2) is 28.5 Å². The van der Waals surface area contributed by atoms with Gasteiger partial charge in [0.05, 0.1) is 99.9 Å². The normalized spacial score (nSPS) is 16.8. The van der Waals surface area contributed by atoms with Crippen molar-refractivity contribution in [3.8, 4) is 45.5 Å². The molecule has 0 saturated carbocycles. The van der Waals surface area contributed by atoms with Crippen LogP contribution in [-0.4, -0.2) is 69.7 Å². The summed E-state index contributed by atoms with van der Waals surface area (Å²) >= 11 is 0. The molecule has 0 spiro atoms. The monoisotopic (exact) mass is 1490 g/mol. The van der Waals surface area contributed by atoms with Gasteiger partial charge < -0.3 is 28.7 Å². The Balaban J connectivity index is 0.000000116. The Morgan fingerprint density at radius 1 is 0.384 bits per heavy atom. The Bertz CT molecular complexity index is 6290. The van der Waals surface area contributed by atoms with Crippen LogP contribution >= 0.6 is 0 Å². The second-order valence-corrected chi connectivity index (χ2v) is 35.3. The predicted octanol–water partition coefficient (Wildman–Crippen LogP) is 20.5. The summed E-state index contributed by atoms with van der Waals surface area (Å²) in [6, 6.07) is 46.1. The average Bonchev–Trinajstić information content (AvgIpc) is 1.48. The van der Waals surface area contributed by atoms with Crippen LogP contribution in [0.3, 0.4) is 0 Å². The van der Waals surface area contributed by atoms with E-state index in [1.807, 2.05) is 24.5 Å². The number of benzene rings is 7. The summed E-state index contributed by atoms with van der Waals surface area (Å²) in [5, 5.41) is 8.76. The summed E-state index contributed by atoms with van der Waals surface area (Å²) in [4.78, 5) is 14.3. The number of ether oxygens (including phenoxy) is 4. The van der Waals surface area contributed by atoms with E-state index in [1.165, 1.54) is 156 Å². The van der Waals surface area contributed by atoms with E-state index in [1.54, 1.807) is 28.4 Å². The van der Waals surface area contributed by atoms with Gasteiger partial charge >= 0.3 is 0 Å². The third kappa shape index (κ3) is 9.96. The van der Waals surface area contributed by atoms with Gasteiger partial charge in [-0.2, -0.15) is 13.2 Å². The molecule has 0 saturated heterocycles. The van der Waals surface area contributed by atoms with Gasteiger partial charge in [0.1, 0.15) is 51.9 Å². The van der Waals surface area contributed by atoms with Crippen LogP contribution < -0.4 is 37.5 Å². The molecule has 7 aromatic carbocycles. The molecule has 8 aromatic heterocycles. The lowest BCUT2D eigenvalue weighted by Crippen LogP contribution is -2.44. The molecule has 0 unspecified atom stereocenters. The lowest BCUT2D eigenvalue weighted by Gasteiger charge is -2.43. The van der Waals surface area contributed by atoms with Gasteiger partial charge in [-0.1, -0.05) is 186 Å². The zero-order chi connectivity index (χ0) is 80.2. The Morgan fingerprint density at radius 2 is 0.795 bits per heavy atom. The zero-order valence-electron chi connectivity index (χ0n) is 71.2. The Kier molecular flexibility index (Phi) is 17.3. The lowest BCUT2D eigenvalue weighted by molar-refractivity contribution is -0.643. The minimum atomic E-state index is -0.120. The smallest absolute Gasteiger partial charge is 0.297 e. The fourth-order valence-electron chi connectivity index (χ4n) is 19.9. The highest BCUT2D eigenvalue weighted by molar-refractivity contribution is 6.17. The molecule has 19 rings (SSSR count). The maximum Gasteiger partial charge on any atom is 0.297 e. The first kappa shape index (κ1) is 75.1. The number of rotatable bonds is 7. The molecule has 0 bridgehead atoms. The van der Waals surface area contributed by atoms with Crippen LogP contribution in [-0.2, 0) is 53.6 Å². The molecule has 0 fully saturated rings. The number of pyridine rings is 5. The highest BCUT2D eigenvalue weighted by Crippen LogP contribution is 2.58. The van der Waals surface area contributed by atoms with Crippen molar-refractivity contribution in [2.24, 2.45) is 21.1 Å². The SMILES string of the molecule is COc1ccc2c3c(C)ccc4c3n3c(c(-c5ccccc5)[n+](C)c3c2c1C)C(C)(C)C4(C)C.COc1cccc(N2C=CN(C)[C@H]2C)c1C.COc1cnc2c3c(C)ccc4c3n3c(c(-c5ccccc5)[n+](C)c3c2c1C)C(C)(C)C4(C)C.COc1cnc2c3c(C)ccc4c3n3c(c[n+](C)c3c2c1C)C(C)(C)C4(C)C. The van der Waals surface area contributed by atoms with E-state index in [9.17, 15) is 0 Å². The number of imidazole rings is 3. The number of nitrogens with zero attached hydrogens (tertiary/aromatic N) is 10. The van der Waals surface area contributed by atoms with Crippen LogP contribution in [0.4, 0.5) is 5.69 Å². The van der Waals surface area contributed by atoms with Gasteiger partial charge in [-0.15, -0.1) is 0 Å². The number of aromatic nitrogens is 8. The molecular formula is C98H111N10O4+3. The van der Waals surface area contributed by atoms with E-state index in [4.69, 9.17) is 28.9 Å². The van der Waals surface area contributed by atoms with Gasteiger partial charge in [-0.05, 0) is 96.3 Å². The van der Waals surface area contributed by atoms with Crippen molar-refractivity contribution < 1.29 is 32.6 Å². The van der Waals surface area contributed by atoms with Crippen LogP contribution in [0.15, 0.2) is 158 Å². The van der Waals surface area contributed by atoms with Crippen molar-refractivity contribution in [2.75, 3.05) is 40.4 Å². The average molecular weight is 1490 g/mol. The first-order valence-electron chi connectivity index (χ1n) is 39.6. The molecule has 12 heterocycles. The van der Waals surface area contributed by atoms with Gasteiger partial charge in [0, 0.05) is 118 Å². The van der Waals surface area contributed by atoms with Gasteiger partial charge in [0.2, 0.25) is 0 Å². The number of hydrogen-bond donors (Lipinski definition) is 0. The molecular weight excluding hydrogens is 1380 g/mol. The third-order valence-electron chi connectivity index (χ3n) is 28.5. The number of aryl methyl sites for hydroxylation is 9. The van der Waals surface area contributed by atoms with E-state index < -0.39 is 0 Å². The second kappa shape index (κ2) is 25.8. The fraction of sp³-hybridized carbons (Fsp3) is 0.357. The minimum absolute atomic E-state index is 0.00241. The lowest BCUT2D eigenvalue weighted by atomic mass is 9.60. The van der Waals surface area contributed by atoms with Crippen molar-refractivity contribution >= 4 is 87.9 Å². The Hall–Kier alpha value is -11.0. The maximum absolute atomic E-state index is 5.80. The number of hydrogen-bond acceptors (Lipinski definition) is 8. The summed E-state index contributed by atoms with van der Waals surface area (Å²) in [5.74, 6) is 3.53. The summed E-state index contributed by atoms with van der Waals surface area (Å²) in [7, 11) is 15.6. The van der Waals surface area contributed by atoms with Gasteiger partial charge in [0.25, 0.3) is 16.9 Å². The molecule has 112 heavy (non-hydrogen) atoms. The van der Waals surface area contributed by atoms with Crippen LogP contribution in [0.25, 0.3) is 105 Å². The van der Waals surface area contributed by atoms with Crippen molar-refractivity contribution in [3.05, 3.63) is 231 Å². The van der Waals surface area contributed by atoms with Crippen LogP contribution in [0.1, 0.15) is 163 Å². The fourth-order valence-corrected chi connectivity index (χ4v) is 19.9. The van der Waals surface area contributed by atoms with Crippen molar-refractivity contribution in [1.29, 1.82) is 0 Å². The molecule has 1 atom stereocenters. The highest BCUT2D eigenvalue weighted by atomic mass is 16.5. The molecule has 15 aromatic rings. The summed E-state index contributed by atoms with van der Waals surface area (Å²) < 4.78 is 37.2. The first-order valence-corrected chi connectivity index (χ1v) is 39.6. The number of fused-ring (bicyclic) bond motifs is 9. The molecule has 14 heteroatoms. The molecule has 4 aliphatic rings. The standard InChI is InChI=1S/C31H33N2O.C30H32N3O.C24H28N3O.C13H18N2O/c1-18-14-16-22-27-24(18)21-15-17-23(34-8)19(2)25(21)29-32(7)26(20-12-10-9-11-13-20)28(33(27)29)31(5,6)30(22,3)4;1-17-14-15-20-26-22(17)24-23(18(2)21(34-8)16-31-24)28-32(7)25(19-12-10-9-11-13-19)27(33(26)28)30(5,6)29(20,3)4;1-13-9-10-15-21-18(13)20-19(14(2)16(28-8)11-25-20)22-26(7)12-17(27(21)22)24(5,6)23(15,3)4;1-10-12(6-5-7-13(10)16-4)15-9-8-14(3)11(15)2/h9-17H,1-8H3;9-16H,1-8H3;9-12H,1-8H3;5-9,11H,1-4H3/q3*+1;/t;;;11-/m...1/s1. The van der Waals surface area contributed by atoms with E-state index in [-0.39, 0.29) is 32.5 Å². The topological polar surface area (TPSA) is 94.0 Å².